The number of amides is 1. The number of hydrogen-bond donors (Lipinski definition) is 0. The molecular weight excluding hydrogens is 250 g/mol. The molecule has 1 aliphatic carbocycles. The molecule has 1 aromatic rings. The predicted molar refractivity (Wildman–Crippen MR) is 78.7 cm³/mol. The van der Waals surface area contributed by atoms with Gasteiger partial charge in [-0.05, 0) is 37.8 Å². The van der Waals surface area contributed by atoms with Crippen LogP contribution < -0.4 is 0 Å². The molecule has 1 heterocycles. The Hall–Kier alpha value is -1.35. The summed E-state index contributed by atoms with van der Waals surface area (Å²) in [5.41, 5.74) is 1.01. The van der Waals surface area contributed by atoms with Crippen LogP contribution in [0.1, 0.15) is 42.5 Å². The van der Waals surface area contributed by atoms with Crippen molar-refractivity contribution in [1.82, 2.24) is 4.90 Å². The topological polar surface area (TPSA) is 29.5 Å². The molecule has 20 heavy (non-hydrogen) atoms. The summed E-state index contributed by atoms with van der Waals surface area (Å²) in [6.45, 7) is 1.74. The fourth-order valence-electron chi connectivity index (χ4n) is 4.04. The van der Waals surface area contributed by atoms with Crippen LogP contribution >= 0.6 is 0 Å². The Balaban J connectivity index is 1.77. The van der Waals surface area contributed by atoms with Crippen LogP contribution in [-0.4, -0.2) is 37.1 Å². The van der Waals surface area contributed by atoms with Gasteiger partial charge >= 0.3 is 0 Å². The normalized spacial score (nSPS) is 29.9. The van der Waals surface area contributed by atoms with Crippen LogP contribution in [0.4, 0.5) is 0 Å². The van der Waals surface area contributed by atoms with Gasteiger partial charge in [0, 0.05) is 31.2 Å². The highest BCUT2D eigenvalue weighted by Crippen LogP contribution is 2.46. The van der Waals surface area contributed by atoms with Gasteiger partial charge < -0.3 is 9.64 Å². The Kier molecular flexibility index (Phi) is 3.79. The highest BCUT2D eigenvalue weighted by atomic mass is 16.5. The van der Waals surface area contributed by atoms with Crippen LogP contribution in [0.15, 0.2) is 30.3 Å². The molecule has 0 unspecified atom stereocenters. The third-order valence-corrected chi connectivity index (χ3v) is 5.02. The first-order valence-corrected chi connectivity index (χ1v) is 7.62. The first kappa shape index (κ1) is 13.6. The van der Waals surface area contributed by atoms with Crippen molar-refractivity contribution in [2.75, 3.05) is 20.2 Å². The van der Waals surface area contributed by atoms with Crippen molar-refractivity contribution in [3.8, 4) is 0 Å². The fraction of sp³-hybridized carbons (Fsp3) is 0.588. The number of carbonyl (C=O) groups excluding carboxylic acids is 1. The van der Waals surface area contributed by atoms with Gasteiger partial charge in [-0.15, -0.1) is 0 Å². The smallest absolute Gasteiger partial charge is 0.253 e. The average Bonchev–Trinajstić information content (AvgIpc) is 2.89. The van der Waals surface area contributed by atoms with Gasteiger partial charge in [-0.2, -0.15) is 0 Å². The second kappa shape index (κ2) is 5.57. The Bertz CT molecular complexity index is 473. The summed E-state index contributed by atoms with van der Waals surface area (Å²) in [7, 11) is 1.82. The van der Waals surface area contributed by atoms with Gasteiger partial charge in [0.05, 0.1) is 6.10 Å². The lowest BCUT2D eigenvalue weighted by atomic mass is 9.76. The molecule has 0 bridgehead atoms. The predicted octanol–water partition coefficient (Wildman–Crippen LogP) is 3.11. The van der Waals surface area contributed by atoms with E-state index in [0.717, 1.165) is 31.5 Å². The SMILES string of the molecule is CO[C@@H]1CCC[C@@]12CCCN(C(=O)c1ccccc1)C2. The number of carbonyl (C=O) groups is 1. The highest BCUT2D eigenvalue weighted by Gasteiger charge is 2.46. The lowest BCUT2D eigenvalue weighted by Gasteiger charge is -2.43. The Morgan fingerprint density at radius 2 is 2.00 bits per heavy atom. The molecule has 1 spiro atoms. The molecule has 0 aromatic heterocycles. The van der Waals surface area contributed by atoms with Crippen LogP contribution in [0, 0.1) is 5.41 Å². The Morgan fingerprint density at radius 3 is 2.75 bits per heavy atom. The van der Waals surface area contributed by atoms with E-state index < -0.39 is 0 Å². The number of hydrogen-bond acceptors (Lipinski definition) is 2. The molecule has 2 atom stereocenters. The number of methoxy groups -OCH3 is 1. The van der Waals surface area contributed by atoms with Gasteiger partial charge in [-0.3, -0.25) is 4.79 Å². The monoisotopic (exact) mass is 273 g/mol. The summed E-state index contributed by atoms with van der Waals surface area (Å²) in [6, 6.07) is 9.63. The Labute approximate surface area is 120 Å². The average molecular weight is 273 g/mol. The minimum absolute atomic E-state index is 0.173. The largest absolute Gasteiger partial charge is 0.381 e. The third kappa shape index (κ3) is 2.35. The van der Waals surface area contributed by atoms with E-state index in [1.54, 1.807) is 0 Å². The maximum absolute atomic E-state index is 12.6. The number of piperidine rings is 1. The van der Waals surface area contributed by atoms with Crippen LogP contribution in [0.2, 0.25) is 0 Å². The maximum atomic E-state index is 12.6. The van der Waals surface area contributed by atoms with E-state index in [0.29, 0.717) is 6.10 Å². The molecule has 3 nitrogen and oxygen atoms in total. The number of ether oxygens (including phenoxy) is 1. The molecule has 1 amide bonds. The van der Waals surface area contributed by atoms with E-state index in [2.05, 4.69) is 0 Å². The van der Waals surface area contributed by atoms with Gasteiger partial charge in [-0.25, -0.2) is 0 Å². The molecule has 108 valence electrons. The van der Waals surface area contributed by atoms with Gasteiger partial charge in [0.2, 0.25) is 0 Å². The first-order chi connectivity index (χ1) is 9.75. The standard InChI is InChI=1S/C17H23NO2/c1-20-15-9-5-10-17(15)11-6-12-18(13-17)16(19)14-7-3-2-4-8-14/h2-4,7-8,15H,5-6,9-13H2,1H3/t15-,17+/m1/s1. The van der Waals surface area contributed by atoms with Gasteiger partial charge in [0.1, 0.15) is 0 Å². The maximum Gasteiger partial charge on any atom is 0.253 e. The van der Waals surface area contributed by atoms with Gasteiger partial charge in [0.15, 0.2) is 0 Å². The van der Waals surface area contributed by atoms with Crippen molar-refractivity contribution in [3.05, 3.63) is 35.9 Å². The second-order valence-corrected chi connectivity index (χ2v) is 6.18. The van der Waals surface area contributed by atoms with Crippen molar-refractivity contribution in [3.63, 3.8) is 0 Å². The van der Waals surface area contributed by atoms with E-state index in [1.807, 2.05) is 42.3 Å². The zero-order valence-corrected chi connectivity index (χ0v) is 12.2. The molecule has 0 radical (unpaired) electrons. The summed E-state index contributed by atoms with van der Waals surface area (Å²) in [4.78, 5) is 14.7. The summed E-state index contributed by atoms with van der Waals surface area (Å²) in [5, 5.41) is 0. The third-order valence-electron chi connectivity index (χ3n) is 5.02. The zero-order chi connectivity index (χ0) is 14.0. The van der Waals surface area contributed by atoms with E-state index in [1.165, 1.54) is 19.3 Å². The first-order valence-electron chi connectivity index (χ1n) is 7.62. The van der Waals surface area contributed by atoms with E-state index in [9.17, 15) is 4.79 Å². The van der Waals surface area contributed by atoms with Crippen LogP contribution in [0.25, 0.3) is 0 Å². The molecular formula is C17H23NO2. The molecule has 2 aliphatic rings. The van der Waals surface area contributed by atoms with Gasteiger partial charge in [0.25, 0.3) is 5.91 Å². The number of nitrogens with zero attached hydrogens (tertiary/aromatic N) is 1. The molecule has 3 heteroatoms. The number of likely N-dealkylation sites (tertiary alicyclic amines) is 1. The summed E-state index contributed by atoms with van der Waals surface area (Å²) in [6.07, 6.45) is 6.19. The molecule has 1 aliphatic heterocycles. The minimum Gasteiger partial charge on any atom is -0.381 e. The summed E-state index contributed by atoms with van der Waals surface area (Å²) >= 11 is 0. The summed E-state index contributed by atoms with van der Waals surface area (Å²) in [5.74, 6) is 0.173. The van der Waals surface area contributed by atoms with E-state index >= 15 is 0 Å². The van der Waals surface area contributed by atoms with Crippen molar-refractivity contribution in [2.45, 2.75) is 38.2 Å². The molecule has 1 aromatic carbocycles. The zero-order valence-electron chi connectivity index (χ0n) is 12.2. The number of benzene rings is 1. The summed E-state index contributed by atoms with van der Waals surface area (Å²) < 4.78 is 5.70. The molecule has 3 rings (SSSR count). The second-order valence-electron chi connectivity index (χ2n) is 6.18. The molecule has 0 N–H and O–H groups in total. The van der Waals surface area contributed by atoms with Crippen LogP contribution in [0.5, 0.6) is 0 Å². The lowest BCUT2D eigenvalue weighted by molar-refractivity contribution is -0.0295. The fourth-order valence-corrected chi connectivity index (χ4v) is 4.04. The molecule has 2 fully saturated rings. The lowest BCUT2D eigenvalue weighted by Crippen LogP contribution is -2.49. The quantitative estimate of drug-likeness (QED) is 0.828. The van der Waals surface area contributed by atoms with Gasteiger partial charge in [-0.1, -0.05) is 24.6 Å². The number of rotatable bonds is 2. The van der Waals surface area contributed by atoms with Crippen molar-refractivity contribution in [1.29, 1.82) is 0 Å². The Morgan fingerprint density at radius 1 is 1.25 bits per heavy atom. The van der Waals surface area contributed by atoms with Crippen molar-refractivity contribution < 1.29 is 9.53 Å². The minimum atomic E-state index is 0.173. The van der Waals surface area contributed by atoms with Crippen LogP contribution in [-0.2, 0) is 4.74 Å². The van der Waals surface area contributed by atoms with Crippen molar-refractivity contribution in [2.24, 2.45) is 5.41 Å². The van der Waals surface area contributed by atoms with Crippen molar-refractivity contribution >= 4 is 5.91 Å². The molecule has 1 saturated heterocycles. The highest BCUT2D eigenvalue weighted by molar-refractivity contribution is 5.94. The van der Waals surface area contributed by atoms with E-state index in [-0.39, 0.29) is 11.3 Å². The van der Waals surface area contributed by atoms with Crippen LogP contribution in [0.3, 0.4) is 0 Å². The van der Waals surface area contributed by atoms with E-state index in [4.69, 9.17) is 4.74 Å². The molecule has 1 saturated carbocycles.